The number of aryl methyl sites for hydroxylation is 1. The molecule has 2 rings (SSSR count). The molecule has 0 radical (unpaired) electrons. The topological polar surface area (TPSA) is 59.0 Å². The van der Waals surface area contributed by atoms with Gasteiger partial charge in [0.15, 0.2) is 0 Å². The fourth-order valence-electron chi connectivity index (χ4n) is 1.80. The Kier molecular flexibility index (Phi) is 3.67. The Labute approximate surface area is 111 Å². The zero-order valence-electron chi connectivity index (χ0n) is 10.5. The molecule has 0 unspecified atom stereocenters. The molecular formula is C15H13FN2O. The molecule has 3 nitrogen and oxygen atoms in total. The highest BCUT2D eigenvalue weighted by Crippen LogP contribution is 2.26. The Bertz CT molecular complexity index is 627. The van der Waals surface area contributed by atoms with Gasteiger partial charge in [-0.2, -0.15) is 5.26 Å². The van der Waals surface area contributed by atoms with Crippen LogP contribution >= 0.6 is 0 Å². The molecule has 0 aromatic heterocycles. The third kappa shape index (κ3) is 2.66. The van der Waals surface area contributed by atoms with Crippen LogP contribution in [0, 0.1) is 24.1 Å². The highest BCUT2D eigenvalue weighted by molar-refractivity contribution is 5.56. The van der Waals surface area contributed by atoms with Gasteiger partial charge in [0, 0.05) is 5.56 Å². The zero-order chi connectivity index (χ0) is 13.8. The van der Waals surface area contributed by atoms with Crippen LogP contribution in [0.25, 0.3) is 0 Å². The van der Waals surface area contributed by atoms with Crippen LogP contribution in [0.1, 0.15) is 16.7 Å². The van der Waals surface area contributed by atoms with E-state index in [2.05, 4.69) is 0 Å². The van der Waals surface area contributed by atoms with Gasteiger partial charge in [-0.1, -0.05) is 24.3 Å². The number of anilines is 1. The fourth-order valence-corrected chi connectivity index (χ4v) is 1.80. The fraction of sp³-hybridized carbons (Fsp3) is 0.133. The molecule has 0 atom stereocenters. The molecular weight excluding hydrogens is 243 g/mol. The first-order chi connectivity index (χ1) is 9.13. The number of para-hydroxylation sites is 1. The van der Waals surface area contributed by atoms with E-state index in [4.69, 9.17) is 15.7 Å². The monoisotopic (exact) mass is 256 g/mol. The van der Waals surface area contributed by atoms with Gasteiger partial charge in [-0.15, -0.1) is 0 Å². The first-order valence-electron chi connectivity index (χ1n) is 5.79. The summed E-state index contributed by atoms with van der Waals surface area (Å²) in [6.45, 7) is 1.91. The molecule has 0 amide bonds. The summed E-state index contributed by atoms with van der Waals surface area (Å²) < 4.78 is 19.4. The molecule has 0 aliphatic carbocycles. The van der Waals surface area contributed by atoms with Crippen LogP contribution in [-0.4, -0.2) is 0 Å². The maximum Gasteiger partial charge on any atom is 0.147 e. The van der Waals surface area contributed by atoms with E-state index >= 15 is 0 Å². The summed E-state index contributed by atoms with van der Waals surface area (Å²) in [5.41, 5.74) is 7.55. The number of hydrogen-bond acceptors (Lipinski definition) is 3. The lowest BCUT2D eigenvalue weighted by molar-refractivity contribution is 0.299. The van der Waals surface area contributed by atoms with E-state index in [1.54, 1.807) is 24.3 Å². The molecule has 0 heterocycles. The second kappa shape index (κ2) is 5.40. The molecule has 96 valence electrons. The summed E-state index contributed by atoms with van der Waals surface area (Å²) in [5, 5.41) is 8.77. The Morgan fingerprint density at radius 3 is 2.68 bits per heavy atom. The van der Waals surface area contributed by atoms with Crippen LogP contribution in [0.15, 0.2) is 36.4 Å². The third-order valence-corrected chi connectivity index (χ3v) is 2.81. The van der Waals surface area contributed by atoms with Gasteiger partial charge in [0.1, 0.15) is 24.2 Å². The Morgan fingerprint density at radius 1 is 1.26 bits per heavy atom. The van der Waals surface area contributed by atoms with Gasteiger partial charge >= 0.3 is 0 Å². The second-order valence-electron chi connectivity index (χ2n) is 4.17. The van der Waals surface area contributed by atoms with Crippen LogP contribution in [0.5, 0.6) is 5.75 Å². The molecule has 0 saturated carbocycles. The molecule has 2 N–H and O–H groups in total. The molecule has 2 aromatic rings. The second-order valence-corrected chi connectivity index (χ2v) is 4.17. The van der Waals surface area contributed by atoms with Gasteiger partial charge in [0.05, 0.1) is 11.3 Å². The highest BCUT2D eigenvalue weighted by atomic mass is 19.1. The molecule has 0 fully saturated rings. The number of nitrogens with zero attached hydrogens (tertiary/aromatic N) is 1. The maximum atomic E-state index is 13.8. The summed E-state index contributed by atoms with van der Waals surface area (Å²) in [6.07, 6.45) is 0. The standard InChI is InChI=1S/C15H13FN2O/c1-10-4-2-7-13(18)15(10)19-9-12-6-3-5-11(8-17)14(12)16/h2-7H,9,18H2,1H3. The molecule has 19 heavy (non-hydrogen) atoms. The van der Waals surface area contributed by atoms with E-state index in [-0.39, 0.29) is 12.2 Å². The van der Waals surface area contributed by atoms with Crippen molar-refractivity contribution in [2.45, 2.75) is 13.5 Å². The van der Waals surface area contributed by atoms with Gasteiger partial charge in [0.25, 0.3) is 0 Å². The van der Waals surface area contributed by atoms with Gasteiger partial charge < -0.3 is 10.5 Å². The first kappa shape index (κ1) is 12.9. The SMILES string of the molecule is Cc1cccc(N)c1OCc1cccc(C#N)c1F. The lowest BCUT2D eigenvalue weighted by Gasteiger charge is -2.12. The van der Waals surface area contributed by atoms with Gasteiger partial charge in [-0.3, -0.25) is 0 Å². The number of rotatable bonds is 3. The summed E-state index contributed by atoms with van der Waals surface area (Å²) in [4.78, 5) is 0. The van der Waals surface area contributed by atoms with E-state index in [0.717, 1.165) is 5.56 Å². The minimum absolute atomic E-state index is 0.0128. The maximum absolute atomic E-state index is 13.8. The van der Waals surface area contributed by atoms with E-state index in [9.17, 15) is 4.39 Å². The average molecular weight is 256 g/mol. The van der Waals surface area contributed by atoms with Crippen molar-refractivity contribution in [2.75, 3.05) is 5.73 Å². The van der Waals surface area contributed by atoms with E-state index in [0.29, 0.717) is 17.0 Å². The van der Waals surface area contributed by atoms with E-state index in [1.807, 2.05) is 19.1 Å². The summed E-state index contributed by atoms with van der Waals surface area (Å²) in [5.74, 6) is 0.00131. The third-order valence-electron chi connectivity index (χ3n) is 2.81. The zero-order valence-corrected chi connectivity index (χ0v) is 10.5. The number of benzene rings is 2. The molecule has 4 heteroatoms. The van der Waals surface area contributed by atoms with Crippen LogP contribution in [0.4, 0.5) is 10.1 Å². The molecule has 0 spiro atoms. The van der Waals surface area contributed by atoms with Gasteiger partial charge in [-0.25, -0.2) is 4.39 Å². The van der Waals surface area contributed by atoms with Crippen molar-refractivity contribution in [1.82, 2.24) is 0 Å². The number of nitrogen functional groups attached to an aromatic ring is 1. The molecule has 0 saturated heterocycles. The highest BCUT2D eigenvalue weighted by Gasteiger charge is 2.10. The normalized spacial score (nSPS) is 9.95. The van der Waals surface area contributed by atoms with Crippen LogP contribution in [-0.2, 0) is 6.61 Å². The van der Waals surface area contributed by atoms with Crippen molar-refractivity contribution in [3.8, 4) is 11.8 Å². The summed E-state index contributed by atoms with van der Waals surface area (Å²) >= 11 is 0. The number of nitriles is 1. The predicted molar refractivity (Wildman–Crippen MR) is 71.0 cm³/mol. The smallest absolute Gasteiger partial charge is 0.147 e. The van der Waals surface area contributed by atoms with Crippen molar-refractivity contribution in [3.05, 3.63) is 58.9 Å². The molecule has 0 bridgehead atoms. The Balaban J connectivity index is 2.22. The number of nitrogens with two attached hydrogens (primary N) is 1. The van der Waals surface area contributed by atoms with Crippen molar-refractivity contribution in [3.63, 3.8) is 0 Å². The average Bonchev–Trinajstić information content (AvgIpc) is 2.40. The van der Waals surface area contributed by atoms with E-state index in [1.165, 1.54) is 6.07 Å². The summed E-state index contributed by atoms with van der Waals surface area (Å²) in [7, 11) is 0. The minimum Gasteiger partial charge on any atom is -0.486 e. The van der Waals surface area contributed by atoms with Crippen molar-refractivity contribution < 1.29 is 9.13 Å². The van der Waals surface area contributed by atoms with Crippen LogP contribution < -0.4 is 10.5 Å². The number of hydrogen-bond donors (Lipinski definition) is 1. The van der Waals surface area contributed by atoms with Gasteiger partial charge in [-0.05, 0) is 24.6 Å². The van der Waals surface area contributed by atoms with Crippen molar-refractivity contribution in [2.24, 2.45) is 0 Å². The van der Waals surface area contributed by atoms with Crippen molar-refractivity contribution in [1.29, 1.82) is 5.26 Å². The predicted octanol–water partition coefficient (Wildman–Crippen LogP) is 3.17. The molecule has 0 aliphatic rings. The van der Waals surface area contributed by atoms with E-state index < -0.39 is 5.82 Å². The number of halogens is 1. The number of ether oxygens (including phenoxy) is 1. The van der Waals surface area contributed by atoms with Crippen molar-refractivity contribution >= 4 is 5.69 Å². The Morgan fingerprint density at radius 2 is 2.00 bits per heavy atom. The molecule has 2 aromatic carbocycles. The largest absolute Gasteiger partial charge is 0.486 e. The lowest BCUT2D eigenvalue weighted by Crippen LogP contribution is -2.03. The van der Waals surface area contributed by atoms with Crippen LogP contribution in [0.2, 0.25) is 0 Å². The van der Waals surface area contributed by atoms with Crippen LogP contribution in [0.3, 0.4) is 0 Å². The Hall–Kier alpha value is -2.54. The lowest BCUT2D eigenvalue weighted by atomic mass is 10.1. The summed E-state index contributed by atoms with van der Waals surface area (Å²) in [6, 6.07) is 11.9. The first-order valence-corrected chi connectivity index (χ1v) is 5.79. The molecule has 0 aliphatic heterocycles. The minimum atomic E-state index is -0.544. The quantitative estimate of drug-likeness (QED) is 0.858. The van der Waals surface area contributed by atoms with Gasteiger partial charge in [0.2, 0.25) is 0 Å².